The van der Waals surface area contributed by atoms with E-state index in [9.17, 15) is 21.6 Å². The van der Waals surface area contributed by atoms with E-state index in [4.69, 9.17) is 16.3 Å². The zero-order valence-corrected chi connectivity index (χ0v) is 23.3. The van der Waals surface area contributed by atoms with Gasteiger partial charge in [-0.05, 0) is 86.5 Å². The number of benzene rings is 3. The Hall–Kier alpha value is -3.28. The zero-order valence-electron chi connectivity index (χ0n) is 20.9. The highest BCUT2D eigenvalue weighted by Gasteiger charge is 2.30. The molecule has 1 amide bonds. The smallest absolute Gasteiger partial charge is 0.261 e. The van der Waals surface area contributed by atoms with Crippen LogP contribution < -0.4 is 19.1 Å². The van der Waals surface area contributed by atoms with Crippen LogP contribution in [0.3, 0.4) is 0 Å². The number of halogens is 1. The highest BCUT2D eigenvalue weighted by atomic mass is 35.5. The maximum atomic E-state index is 13.0. The van der Waals surface area contributed by atoms with Gasteiger partial charge in [-0.2, -0.15) is 0 Å². The fourth-order valence-electron chi connectivity index (χ4n) is 3.58. The number of sulfonamides is 2. The average molecular weight is 566 g/mol. The van der Waals surface area contributed by atoms with Gasteiger partial charge in [-0.15, -0.1) is 0 Å². The third kappa shape index (κ3) is 6.73. The van der Waals surface area contributed by atoms with Gasteiger partial charge < -0.3 is 10.1 Å². The van der Waals surface area contributed by atoms with Crippen molar-refractivity contribution in [3.8, 4) is 5.75 Å². The maximum Gasteiger partial charge on any atom is 0.261 e. The Morgan fingerprint density at radius 1 is 0.919 bits per heavy atom. The van der Waals surface area contributed by atoms with Gasteiger partial charge in [0.1, 0.15) is 11.8 Å². The molecule has 0 aliphatic heterocycles. The quantitative estimate of drug-likeness (QED) is 0.392. The van der Waals surface area contributed by atoms with E-state index in [0.29, 0.717) is 17.1 Å². The second-order valence-electron chi connectivity index (χ2n) is 8.47. The first-order valence-corrected chi connectivity index (χ1v) is 14.8. The van der Waals surface area contributed by atoms with Crippen LogP contribution >= 0.6 is 11.6 Å². The third-order valence-corrected chi connectivity index (χ3v) is 8.60. The number of rotatable bonds is 9. The molecule has 0 saturated heterocycles. The molecule has 9 nitrogen and oxygen atoms in total. The molecule has 12 heteroatoms. The summed E-state index contributed by atoms with van der Waals surface area (Å²) in [6.45, 7) is 5.25. The third-order valence-electron chi connectivity index (χ3n) is 5.67. The first-order valence-electron chi connectivity index (χ1n) is 11.1. The molecule has 0 radical (unpaired) electrons. The molecule has 3 aromatic carbocycles. The summed E-state index contributed by atoms with van der Waals surface area (Å²) in [5, 5.41) is 2.81. The van der Waals surface area contributed by atoms with Crippen molar-refractivity contribution in [3.05, 3.63) is 76.8 Å². The Labute approximate surface area is 222 Å². The second kappa shape index (κ2) is 11.0. The number of aryl methyl sites for hydroxylation is 2. The second-order valence-corrected chi connectivity index (χ2v) is 12.4. The summed E-state index contributed by atoms with van der Waals surface area (Å²) in [6.07, 6.45) is 0.983. The van der Waals surface area contributed by atoms with Gasteiger partial charge in [0.15, 0.2) is 0 Å². The molecule has 0 spiro atoms. The molecular formula is C25H28ClN3O6S2. The summed E-state index contributed by atoms with van der Waals surface area (Å²) >= 11 is 6.15. The van der Waals surface area contributed by atoms with Crippen molar-refractivity contribution in [2.75, 3.05) is 27.7 Å². The SMILES string of the molecule is COc1ccc(N([C@@H](C)C(=O)Nc2ccc(S(=O)(=O)Nc3ccc(C)c(C)c3)cc2)S(C)(=O)=O)cc1Cl. The molecule has 0 heterocycles. The largest absolute Gasteiger partial charge is 0.495 e. The van der Waals surface area contributed by atoms with Crippen LogP contribution in [0.2, 0.25) is 5.02 Å². The van der Waals surface area contributed by atoms with Crippen molar-refractivity contribution in [1.29, 1.82) is 0 Å². The summed E-state index contributed by atoms with van der Waals surface area (Å²) < 4.78 is 59.2. The minimum atomic E-state index is -3.87. The van der Waals surface area contributed by atoms with Crippen LogP contribution in [-0.4, -0.2) is 42.2 Å². The first-order chi connectivity index (χ1) is 17.2. The van der Waals surface area contributed by atoms with Crippen LogP contribution in [0.25, 0.3) is 0 Å². The number of nitrogens with one attached hydrogen (secondary N) is 2. The number of methoxy groups -OCH3 is 1. The van der Waals surface area contributed by atoms with Gasteiger partial charge in [0.05, 0.1) is 29.0 Å². The van der Waals surface area contributed by atoms with Crippen molar-refractivity contribution in [2.45, 2.75) is 31.7 Å². The molecule has 1 atom stereocenters. The molecule has 0 aromatic heterocycles. The molecule has 0 aliphatic rings. The fourth-order valence-corrected chi connectivity index (χ4v) is 6.05. The summed E-state index contributed by atoms with van der Waals surface area (Å²) in [6, 6.07) is 14.0. The predicted octanol–water partition coefficient (Wildman–Crippen LogP) is 4.56. The van der Waals surface area contributed by atoms with Gasteiger partial charge in [-0.3, -0.25) is 13.8 Å². The molecular weight excluding hydrogens is 538 g/mol. The topological polar surface area (TPSA) is 122 Å². The minimum absolute atomic E-state index is 0.00223. The highest BCUT2D eigenvalue weighted by molar-refractivity contribution is 7.92. The Kier molecular flexibility index (Phi) is 8.41. The van der Waals surface area contributed by atoms with Gasteiger partial charge in [-0.1, -0.05) is 17.7 Å². The Morgan fingerprint density at radius 2 is 1.54 bits per heavy atom. The first kappa shape index (κ1) is 28.3. The van der Waals surface area contributed by atoms with Crippen molar-refractivity contribution < 1.29 is 26.4 Å². The normalized spacial score (nSPS) is 12.5. The van der Waals surface area contributed by atoms with Crippen LogP contribution in [0, 0.1) is 13.8 Å². The van der Waals surface area contributed by atoms with Crippen LogP contribution in [-0.2, 0) is 24.8 Å². The number of carbonyl (C=O) groups excluding carboxylic acids is 1. The lowest BCUT2D eigenvalue weighted by molar-refractivity contribution is -0.116. The number of ether oxygens (including phenoxy) is 1. The number of hydrogen-bond acceptors (Lipinski definition) is 6. The molecule has 0 bridgehead atoms. The van der Waals surface area contributed by atoms with E-state index in [1.54, 1.807) is 12.1 Å². The van der Waals surface area contributed by atoms with Gasteiger partial charge >= 0.3 is 0 Å². The van der Waals surface area contributed by atoms with Crippen LogP contribution in [0.15, 0.2) is 65.6 Å². The standard InChI is InChI=1S/C25H28ClN3O6S2/c1-16-6-7-20(14-17(16)2)28-37(33,34)22-11-8-19(9-12-22)27-25(30)18(3)29(36(5,31)32)21-10-13-24(35-4)23(26)15-21/h6-15,18,28H,1-5H3,(H,27,30)/t18-/m0/s1. The zero-order chi connectivity index (χ0) is 27.5. The van der Waals surface area contributed by atoms with E-state index >= 15 is 0 Å². The van der Waals surface area contributed by atoms with Crippen molar-refractivity contribution in [3.63, 3.8) is 0 Å². The van der Waals surface area contributed by atoms with E-state index in [2.05, 4.69) is 10.0 Å². The van der Waals surface area contributed by atoms with E-state index in [0.717, 1.165) is 21.7 Å². The van der Waals surface area contributed by atoms with Gasteiger partial charge in [0.2, 0.25) is 15.9 Å². The van der Waals surface area contributed by atoms with Crippen molar-refractivity contribution in [1.82, 2.24) is 0 Å². The van der Waals surface area contributed by atoms with Gasteiger partial charge in [0.25, 0.3) is 10.0 Å². The van der Waals surface area contributed by atoms with Crippen LogP contribution in [0.5, 0.6) is 5.75 Å². The fraction of sp³-hybridized carbons (Fsp3) is 0.240. The minimum Gasteiger partial charge on any atom is -0.495 e. The highest BCUT2D eigenvalue weighted by Crippen LogP contribution is 2.31. The molecule has 37 heavy (non-hydrogen) atoms. The van der Waals surface area contributed by atoms with E-state index in [1.165, 1.54) is 56.5 Å². The van der Waals surface area contributed by atoms with Crippen LogP contribution in [0.1, 0.15) is 18.1 Å². The molecule has 0 unspecified atom stereocenters. The van der Waals surface area contributed by atoms with Crippen LogP contribution in [0.4, 0.5) is 17.1 Å². The Morgan fingerprint density at radius 3 is 2.08 bits per heavy atom. The lowest BCUT2D eigenvalue weighted by Gasteiger charge is -2.28. The van der Waals surface area contributed by atoms with Gasteiger partial charge in [-0.25, -0.2) is 16.8 Å². The summed E-state index contributed by atoms with van der Waals surface area (Å²) in [5.74, 6) is -0.265. The molecule has 0 fully saturated rings. The molecule has 198 valence electrons. The molecule has 0 aliphatic carbocycles. The lowest BCUT2D eigenvalue weighted by Crippen LogP contribution is -2.45. The number of nitrogens with zero attached hydrogens (tertiary/aromatic N) is 1. The average Bonchev–Trinajstić information content (AvgIpc) is 2.81. The Bertz CT molecular complexity index is 1520. The maximum absolute atomic E-state index is 13.0. The lowest BCUT2D eigenvalue weighted by atomic mass is 10.1. The monoisotopic (exact) mass is 565 g/mol. The molecule has 0 saturated carbocycles. The number of amides is 1. The summed E-state index contributed by atoms with van der Waals surface area (Å²) in [4.78, 5) is 13.0. The van der Waals surface area contributed by atoms with E-state index in [1.807, 2.05) is 19.9 Å². The van der Waals surface area contributed by atoms with Crippen molar-refractivity contribution >= 4 is 54.6 Å². The molecule has 3 aromatic rings. The summed E-state index contributed by atoms with van der Waals surface area (Å²) in [5.41, 5.74) is 2.92. The number of carbonyl (C=O) groups is 1. The number of hydrogen-bond donors (Lipinski definition) is 2. The molecule has 3 rings (SSSR count). The molecule has 2 N–H and O–H groups in total. The van der Waals surface area contributed by atoms with Crippen molar-refractivity contribution in [2.24, 2.45) is 0 Å². The predicted molar refractivity (Wildman–Crippen MR) is 147 cm³/mol. The van der Waals surface area contributed by atoms with E-state index < -0.39 is 32.0 Å². The van der Waals surface area contributed by atoms with E-state index in [-0.39, 0.29) is 15.6 Å². The number of anilines is 3. The van der Waals surface area contributed by atoms with Gasteiger partial charge in [0, 0.05) is 11.4 Å². The summed E-state index contributed by atoms with van der Waals surface area (Å²) in [7, 11) is -6.29. The Balaban J connectivity index is 1.78.